The van der Waals surface area contributed by atoms with E-state index in [-0.39, 0.29) is 0 Å². The topological polar surface area (TPSA) is 56.5 Å². The van der Waals surface area contributed by atoms with Gasteiger partial charge in [-0.05, 0) is 55.4 Å². The summed E-state index contributed by atoms with van der Waals surface area (Å²) in [6, 6.07) is 6.36. The van der Waals surface area contributed by atoms with Crippen molar-refractivity contribution in [1.82, 2.24) is 25.0 Å². The molecule has 25 heavy (non-hydrogen) atoms. The molecule has 0 atom stereocenters. The summed E-state index contributed by atoms with van der Waals surface area (Å²) in [6.07, 6.45) is 11.4. The third-order valence-electron chi connectivity index (χ3n) is 5.53. The number of benzene rings is 1. The normalized spacial score (nSPS) is 17.7. The molecule has 5 rings (SSSR count). The molecule has 0 aliphatic heterocycles. The van der Waals surface area contributed by atoms with Crippen molar-refractivity contribution in [2.24, 2.45) is 7.05 Å². The summed E-state index contributed by atoms with van der Waals surface area (Å²) in [5, 5.41) is 8.30. The van der Waals surface area contributed by atoms with Gasteiger partial charge in [0.1, 0.15) is 11.3 Å². The van der Waals surface area contributed by atoms with Crippen LogP contribution < -0.4 is 0 Å². The first kappa shape index (κ1) is 14.8. The van der Waals surface area contributed by atoms with Gasteiger partial charge in [-0.3, -0.25) is 0 Å². The van der Waals surface area contributed by atoms with Crippen LogP contribution in [0.15, 0.2) is 30.5 Å². The van der Waals surface area contributed by atoms with Crippen molar-refractivity contribution in [3.8, 4) is 0 Å². The number of allylic oxidation sites excluding steroid dienone is 1. The molecule has 126 valence electrons. The lowest BCUT2D eigenvalue weighted by Crippen LogP contribution is -2.14. The van der Waals surface area contributed by atoms with Gasteiger partial charge in [0.05, 0.1) is 11.2 Å². The van der Waals surface area contributed by atoms with Gasteiger partial charge in [0.15, 0.2) is 0 Å². The lowest BCUT2D eigenvalue weighted by molar-refractivity contribution is 0.400. The van der Waals surface area contributed by atoms with Crippen molar-refractivity contribution in [3.63, 3.8) is 0 Å². The van der Waals surface area contributed by atoms with Crippen molar-refractivity contribution in [3.05, 3.63) is 53.1 Å². The lowest BCUT2D eigenvalue weighted by atomic mass is 9.84. The van der Waals surface area contributed by atoms with Crippen LogP contribution in [0.1, 0.15) is 60.7 Å². The lowest BCUT2D eigenvalue weighted by Gasteiger charge is -2.24. The van der Waals surface area contributed by atoms with Gasteiger partial charge in [-0.25, -0.2) is 14.6 Å². The monoisotopic (exact) mass is 331 g/mol. The molecular weight excluding hydrogens is 310 g/mol. The average molecular weight is 331 g/mol. The Kier molecular flexibility index (Phi) is 3.40. The van der Waals surface area contributed by atoms with Crippen molar-refractivity contribution in [2.45, 2.75) is 44.4 Å². The Morgan fingerprint density at radius 1 is 1.16 bits per heavy atom. The van der Waals surface area contributed by atoms with Crippen LogP contribution in [0, 0.1) is 0 Å². The Hall–Kier alpha value is -2.56. The first-order valence-corrected chi connectivity index (χ1v) is 9.16. The molecule has 2 aliphatic rings. The Morgan fingerprint density at radius 3 is 2.92 bits per heavy atom. The van der Waals surface area contributed by atoms with Crippen LogP contribution >= 0.6 is 0 Å². The number of rotatable bonds is 2. The van der Waals surface area contributed by atoms with Crippen LogP contribution in [0.4, 0.5) is 0 Å². The Labute approximate surface area is 146 Å². The summed E-state index contributed by atoms with van der Waals surface area (Å²) in [6.45, 7) is 0. The molecule has 3 aromatic rings. The molecule has 0 radical (unpaired) electrons. The number of hydrogen-bond acceptors (Lipinski definition) is 4. The maximum atomic E-state index is 4.96. The zero-order valence-corrected chi connectivity index (χ0v) is 14.4. The zero-order chi connectivity index (χ0) is 16.8. The van der Waals surface area contributed by atoms with E-state index in [2.05, 4.69) is 34.7 Å². The smallest absolute Gasteiger partial charge is 0.131 e. The first-order chi connectivity index (χ1) is 12.3. The van der Waals surface area contributed by atoms with Gasteiger partial charge in [0.25, 0.3) is 0 Å². The summed E-state index contributed by atoms with van der Waals surface area (Å²) < 4.78 is 1.83. The second kappa shape index (κ2) is 5.76. The summed E-state index contributed by atoms with van der Waals surface area (Å²) in [5.41, 5.74) is 6.82. The number of nitrogens with zero attached hydrogens (tertiary/aromatic N) is 5. The van der Waals surface area contributed by atoms with E-state index in [1.165, 1.54) is 41.7 Å². The molecule has 0 N–H and O–H groups in total. The van der Waals surface area contributed by atoms with E-state index in [9.17, 15) is 0 Å². The number of fused-ring (bicyclic) bond motifs is 2. The standard InChI is InChI=1S/C20H21N5/c1-25-19-11-14(9-10-18(19)23-24-25)15-7-2-3-8-17-16(15)12-21-20(22-17)13-5-4-6-13/h7,9-13H,2-6,8H2,1H3. The number of aryl methyl sites for hydroxylation is 2. The summed E-state index contributed by atoms with van der Waals surface area (Å²) in [7, 11) is 1.93. The fourth-order valence-corrected chi connectivity index (χ4v) is 3.81. The van der Waals surface area contributed by atoms with E-state index in [4.69, 9.17) is 9.97 Å². The van der Waals surface area contributed by atoms with E-state index in [0.717, 1.165) is 36.1 Å². The molecule has 2 heterocycles. The van der Waals surface area contributed by atoms with Gasteiger partial charge in [-0.1, -0.05) is 23.8 Å². The third-order valence-corrected chi connectivity index (χ3v) is 5.53. The van der Waals surface area contributed by atoms with Crippen LogP contribution in [-0.4, -0.2) is 25.0 Å². The second-order valence-electron chi connectivity index (χ2n) is 7.14. The fourth-order valence-electron chi connectivity index (χ4n) is 3.81. The molecule has 0 spiro atoms. The molecule has 0 saturated heterocycles. The highest BCUT2D eigenvalue weighted by Crippen LogP contribution is 2.36. The maximum absolute atomic E-state index is 4.96. The molecule has 1 aromatic carbocycles. The Balaban J connectivity index is 1.61. The van der Waals surface area contributed by atoms with Crippen molar-refractivity contribution >= 4 is 16.6 Å². The first-order valence-electron chi connectivity index (χ1n) is 9.16. The van der Waals surface area contributed by atoms with Crippen LogP contribution in [0.5, 0.6) is 0 Å². The summed E-state index contributed by atoms with van der Waals surface area (Å²) >= 11 is 0. The van der Waals surface area contributed by atoms with Crippen LogP contribution in [0.2, 0.25) is 0 Å². The van der Waals surface area contributed by atoms with E-state index >= 15 is 0 Å². The van der Waals surface area contributed by atoms with Gasteiger partial charge < -0.3 is 0 Å². The van der Waals surface area contributed by atoms with Gasteiger partial charge in [0.2, 0.25) is 0 Å². The Morgan fingerprint density at radius 2 is 2.08 bits per heavy atom. The van der Waals surface area contributed by atoms with Crippen LogP contribution in [0.3, 0.4) is 0 Å². The molecule has 2 aliphatic carbocycles. The molecular formula is C20H21N5. The highest BCUT2D eigenvalue weighted by Gasteiger charge is 2.24. The highest BCUT2D eigenvalue weighted by molar-refractivity contribution is 5.86. The predicted octanol–water partition coefficient (Wildman–Crippen LogP) is 3.79. The second-order valence-corrected chi connectivity index (χ2v) is 7.14. The SMILES string of the molecule is Cn1nnc2ccc(C3=CCCCc4nc(C5CCC5)ncc43)cc21. The van der Waals surface area contributed by atoms with Gasteiger partial charge >= 0.3 is 0 Å². The predicted molar refractivity (Wildman–Crippen MR) is 97.2 cm³/mol. The van der Waals surface area contributed by atoms with Gasteiger partial charge in [0, 0.05) is 24.7 Å². The quantitative estimate of drug-likeness (QED) is 0.717. The minimum atomic E-state index is 0.581. The van der Waals surface area contributed by atoms with E-state index in [1.54, 1.807) is 0 Å². The van der Waals surface area contributed by atoms with Crippen molar-refractivity contribution in [1.29, 1.82) is 0 Å². The molecule has 0 bridgehead atoms. The third kappa shape index (κ3) is 2.46. The highest BCUT2D eigenvalue weighted by atomic mass is 15.4. The fraction of sp³-hybridized carbons (Fsp3) is 0.400. The maximum Gasteiger partial charge on any atom is 0.131 e. The number of aromatic nitrogens is 5. The summed E-state index contributed by atoms with van der Waals surface area (Å²) in [4.78, 5) is 9.68. The minimum Gasteiger partial charge on any atom is -0.248 e. The average Bonchev–Trinajstić information content (AvgIpc) is 2.82. The molecule has 0 amide bonds. The molecule has 0 unspecified atom stereocenters. The molecule has 5 nitrogen and oxygen atoms in total. The van der Waals surface area contributed by atoms with Gasteiger partial charge in [-0.2, -0.15) is 0 Å². The van der Waals surface area contributed by atoms with E-state index in [0.29, 0.717) is 5.92 Å². The zero-order valence-electron chi connectivity index (χ0n) is 14.4. The minimum absolute atomic E-state index is 0.581. The van der Waals surface area contributed by atoms with Crippen molar-refractivity contribution in [2.75, 3.05) is 0 Å². The van der Waals surface area contributed by atoms with Gasteiger partial charge in [-0.15, -0.1) is 5.10 Å². The van der Waals surface area contributed by atoms with E-state index < -0.39 is 0 Å². The Bertz CT molecular complexity index is 981. The van der Waals surface area contributed by atoms with Crippen LogP contribution in [-0.2, 0) is 13.5 Å². The van der Waals surface area contributed by atoms with Crippen LogP contribution in [0.25, 0.3) is 16.6 Å². The molecule has 1 saturated carbocycles. The van der Waals surface area contributed by atoms with E-state index in [1.807, 2.05) is 17.8 Å². The molecule has 1 fully saturated rings. The van der Waals surface area contributed by atoms with Crippen molar-refractivity contribution < 1.29 is 0 Å². The molecule has 5 heteroatoms. The molecule has 2 aromatic heterocycles. The summed E-state index contributed by atoms with van der Waals surface area (Å²) in [5.74, 6) is 1.63. The number of hydrogen-bond donors (Lipinski definition) is 0. The largest absolute Gasteiger partial charge is 0.248 e.